The summed E-state index contributed by atoms with van der Waals surface area (Å²) < 4.78 is 20.6. The molecule has 1 saturated heterocycles. The Morgan fingerprint density at radius 2 is 1.81 bits per heavy atom. The number of amides is 1. The number of carbonyl (C=O) groups excluding carboxylic acids is 1. The van der Waals surface area contributed by atoms with E-state index in [4.69, 9.17) is 18.9 Å². The number of ether oxygens (including phenoxy) is 4. The van der Waals surface area contributed by atoms with Crippen molar-refractivity contribution in [1.82, 2.24) is 5.32 Å². The maximum Gasteiger partial charge on any atom is 0.244 e. The van der Waals surface area contributed by atoms with Crippen LogP contribution < -0.4 is 14.8 Å². The first-order valence-electron chi connectivity index (χ1n) is 8.31. The van der Waals surface area contributed by atoms with E-state index in [1.54, 1.807) is 24.3 Å². The van der Waals surface area contributed by atoms with Gasteiger partial charge in [-0.1, -0.05) is 6.07 Å². The lowest BCUT2D eigenvalue weighted by molar-refractivity contribution is -0.288. The third kappa shape index (κ3) is 5.18. The molecule has 1 aromatic rings. The van der Waals surface area contributed by atoms with Crippen molar-refractivity contribution in [3.05, 3.63) is 29.8 Å². The fourth-order valence-corrected chi connectivity index (χ4v) is 2.67. The number of hydrogen-bond acceptors (Lipinski definition) is 8. The van der Waals surface area contributed by atoms with Gasteiger partial charge in [-0.2, -0.15) is 0 Å². The van der Waals surface area contributed by atoms with Crippen molar-refractivity contribution in [3.8, 4) is 11.5 Å². The second-order valence-electron chi connectivity index (χ2n) is 5.94. The van der Waals surface area contributed by atoms with Crippen molar-refractivity contribution < 1.29 is 39.1 Å². The van der Waals surface area contributed by atoms with Crippen LogP contribution in [-0.2, 0) is 14.3 Å². The van der Waals surface area contributed by atoms with E-state index in [9.17, 15) is 20.1 Å². The molecule has 0 aromatic heterocycles. The summed E-state index contributed by atoms with van der Waals surface area (Å²) in [6.45, 7) is -0.0695. The fourth-order valence-electron chi connectivity index (χ4n) is 2.67. The topological polar surface area (TPSA) is 127 Å². The Kier molecular flexibility index (Phi) is 7.57. The molecule has 0 bridgehead atoms. The first kappa shape index (κ1) is 21.1. The molecular formula is C18H25NO8. The Hall–Kier alpha value is -2.17. The summed E-state index contributed by atoms with van der Waals surface area (Å²) in [6, 6.07) is 5.21. The molecule has 1 fully saturated rings. The minimum absolute atomic E-state index is 0.0695. The molecule has 1 aliphatic heterocycles. The van der Waals surface area contributed by atoms with Crippen LogP contribution in [0.2, 0.25) is 0 Å². The van der Waals surface area contributed by atoms with Crippen LogP contribution in [-0.4, -0.2) is 79.8 Å². The second kappa shape index (κ2) is 9.67. The van der Waals surface area contributed by atoms with Crippen molar-refractivity contribution in [3.63, 3.8) is 0 Å². The van der Waals surface area contributed by atoms with Crippen LogP contribution in [0.5, 0.6) is 11.5 Å². The highest BCUT2D eigenvalue weighted by Crippen LogP contribution is 2.28. The highest BCUT2D eigenvalue weighted by Gasteiger charge is 2.43. The molecule has 1 aromatic carbocycles. The lowest BCUT2D eigenvalue weighted by Gasteiger charge is -2.39. The monoisotopic (exact) mass is 383 g/mol. The van der Waals surface area contributed by atoms with E-state index in [-0.39, 0.29) is 6.54 Å². The van der Waals surface area contributed by atoms with Crippen molar-refractivity contribution in [2.75, 3.05) is 27.9 Å². The van der Waals surface area contributed by atoms with Crippen LogP contribution in [0.4, 0.5) is 0 Å². The SMILES string of the molecule is COc1ccc(/C=C/C(=O)NC[C@H]2O[C@H](OC)[C@@H](O)[C@@H](O)[C@@H]2O)cc1OC. The minimum Gasteiger partial charge on any atom is -0.493 e. The largest absolute Gasteiger partial charge is 0.493 e. The van der Waals surface area contributed by atoms with E-state index < -0.39 is 36.6 Å². The van der Waals surface area contributed by atoms with Gasteiger partial charge in [-0.15, -0.1) is 0 Å². The number of hydrogen-bond donors (Lipinski definition) is 4. The molecule has 150 valence electrons. The predicted octanol–water partition coefficient (Wildman–Crippen LogP) is -0.713. The zero-order valence-corrected chi connectivity index (χ0v) is 15.4. The first-order valence-corrected chi connectivity index (χ1v) is 8.31. The van der Waals surface area contributed by atoms with Gasteiger partial charge in [-0.25, -0.2) is 0 Å². The smallest absolute Gasteiger partial charge is 0.244 e. The number of aliphatic hydroxyl groups is 3. The van der Waals surface area contributed by atoms with E-state index in [1.807, 2.05) is 0 Å². The maximum atomic E-state index is 12.0. The molecule has 0 saturated carbocycles. The van der Waals surface area contributed by atoms with Crippen LogP contribution in [0, 0.1) is 0 Å². The van der Waals surface area contributed by atoms with Crippen molar-refractivity contribution >= 4 is 12.0 Å². The number of methoxy groups -OCH3 is 3. The van der Waals surface area contributed by atoms with Crippen molar-refractivity contribution in [2.45, 2.75) is 30.7 Å². The summed E-state index contributed by atoms with van der Waals surface area (Å²) in [4.78, 5) is 12.0. The van der Waals surface area contributed by atoms with Gasteiger partial charge in [-0.05, 0) is 23.8 Å². The van der Waals surface area contributed by atoms with Crippen LogP contribution in [0.3, 0.4) is 0 Å². The highest BCUT2D eigenvalue weighted by molar-refractivity contribution is 5.91. The van der Waals surface area contributed by atoms with Gasteiger partial charge in [0.15, 0.2) is 17.8 Å². The summed E-state index contributed by atoms with van der Waals surface area (Å²) in [6.07, 6.45) is -3.28. The average Bonchev–Trinajstić information content (AvgIpc) is 2.69. The van der Waals surface area contributed by atoms with Gasteiger partial charge < -0.3 is 39.6 Å². The summed E-state index contributed by atoms with van der Waals surface area (Å²) >= 11 is 0. The maximum absolute atomic E-state index is 12.0. The summed E-state index contributed by atoms with van der Waals surface area (Å²) in [5, 5.41) is 32.1. The van der Waals surface area contributed by atoms with Gasteiger partial charge in [-0.3, -0.25) is 4.79 Å². The molecule has 0 radical (unpaired) electrons. The zero-order valence-electron chi connectivity index (χ0n) is 15.4. The average molecular weight is 383 g/mol. The number of carbonyl (C=O) groups is 1. The normalized spacial score (nSPS) is 28.1. The lowest BCUT2D eigenvalue weighted by Crippen LogP contribution is -2.60. The molecular weight excluding hydrogens is 358 g/mol. The van der Waals surface area contributed by atoms with E-state index in [1.165, 1.54) is 27.4 Å². The van der Waals surface area contributed by atoms with Crippen molar-refractivity contribution in [1.29, 1.82) is 0 Å². The molecule has 4 N–H and O–H groups in total. The zero-order chi connectivity index (χ0) is 20.0. The van der Waals surface area contributed by atoms with Gasteiger partial charge in [0.1, 0.15) is 24.4 Å². The van der Waals surface area contributed by atoms with Gasteiger partial charge in [0, 0.05) is 19.7 Å². The second-order valence-corrected chi connectivity index (χ2v) is 5.94. The summed E-state index contributed by atoms with van der Waals surface area (Å²) in [7, 11) is 4.36. The van der Waals surface area contributed by atoms with Gasteiger partial charge in [0.25, 0.3) is 0 Å². The van der Waals surface area contributed by atoms with Gasteiger partial charge in [0.2, 0.25) is 5.91 Å². The molecule has 9 heteroatoms. The molecule has 1 amide bonds. The Balaban J connectivity index is 1.93. The summed E-state index contributed by atoms with van der Waals surface area (Å²) in [5.74, 6) is 0.697. The van der Waals surface area contributed by atoms with E-state index in [2.05, 4.69) is 5.32 Å². The Morgan fingerprint density at radius 3 is 2.44 bits per heavy atom. The molecule has 1 aliphatic rings. The molecule has 9 nitrogen and oxygen atoms in total. The van der Waals surface area contributed by atoms with Gasteiger partial charge in [0.05, 0.1) is 14.2 Å². The van der Waals surface area contributed by atoms with Crippen LogP contribution in [0.25, 0.3) is 6.08 Å². The molecule has 1 heterocycles. The number of benzene rings is 1. The molecule has 0 aliphatic carbocycles. The standard InChI is InChI=1S/C18H25NO8/c1-24-11-6-4-10(8-12(11)25-2)5-7-14(20)19-9-13-15(21)16(22)17(23)18(26-3)27-13/h4-8,13,15-18,21-23H,9H2,1-3H3,(H,19,20)/b7-5+/t13-,15-,16+,17+,18+/m1/s1. The molecule has 0 unspecified atom stereocenters. The van der Waals surface area contributed by atoms with E-state index >= 15 is 0 Å². The van der Waals surface area contributed by atoms with Crippen LogP contribution in [0.1, 0.15) is 5.56 Å². The number of rotatable bonds is 7. The Morgan fingerprint density at radius 1 is 1.11 bits per heavy atom. The quantitative estimate of drug-likeness (QED) is 0.455. The number of aliphatic hydroxyl groups excluding tert-OH is 3. The highest BCUT2D eigenvalue weighted by atomic mass is 16.7. The minimum atomic E-state index is -1.44. The van der Waals surface area contributed by atoms with Gasteiger partial charge >= 0.3 is 0 Å². The molecule has 0 spiro atoms. The lowest BCUT2D eigenvalue weighted by atomic mass is 9.99. The third-order valence-electron chi connectivity index (χ3n) is 4.21. The molecule has 5 atom stereocenters. The van der Waals surface area contributed by atoms with Crippen LogP contribution in [0.15, 0.2) is 24.3 Å². The molecule has 2 rings (SSSR count). The van der Waals surface area contributed by atoms with Crippen molar-refractivity contribution in [2.24, 2.45) is 0 Å². The van der Waals surface area contributed by atoms with E-state index in [0.29, 0.717) is 11.5 Å². The Labute approximate surface area is 157 Å². The Bertz CT molecular complexity index is 663. The van der Waals surface area contributed by atoms with E-state index in [0.717, 1.165) is 5.56 Å². The first-order chi connectivity index (χ1) is 12.9. The molecule has 27 heavy (non-hydrogen) atoms. The van der Waals surface area contributed by atoms with Crippen LogP contribution >= 0.6 is 0 Å². The third-order valence-corrected chi connectivity index (χ3v) is 4.21. The fraction of sp³-hybridized carbons (Fsp3) is 0.500. The summed E-state index contributed by atoms with van der Waals surface area (Å²) in [5.41, 5.74) is 0.731. The number of nitrogens with one attached hydrogen (secondary N) is 1. The predicted molar refractivity (Wildman–Crippen MR) is 95.3 cm³/mol.